The smallest absolute Gasteiger partial charge is 0.468 e. The first kappa shape index (κ1) is 20.4. The molecule has 0 saturated carbocycles. The summed E-state index contributed by atoms with van der Waals surface area (Å²) in [7, 11) is -1.56. The molecule has 0 heterocycles. The number of rotatable bonds is 9. The van der Waals surface area contributed by atoms with Crippen molar-refractivity contribution in [3.05, 3.63) is 59.5 Å². The highest BCUT2D eigenvalue weighted by Gasteiger charge is 2.33. The first-order chi connectivity index (χ1) is 12.9. The largest absolute Gasteiger partial charge is 0.513 e. The van der Waals surface area contributed by atoms with Gasteiger partial charge in [-0.2, -0.15) is 5.09 Å². The van der Waals surface area contributed by atoms with Gasteiger partial charge in [0.15, 0.2) is 7.11 Å². The fourth-order valence-corrected chi connectivity index (χ4v) is 3.55. The molecule has 0 aliphatic carbocycles. The Morgan fingerprint density at radius 2 is 1.56 bits per heavy atom. The Bertz CT molecular complexity index is 827. The van der Waals surface area contributed by atoms with Gasteiger partial charge in [-0.1, -0.05) is 18.2 Å². The summed E-state index contributed by atoms with van der Waals surface area (Å²) in [6.07, 6.45) is 0. The van der Waals surface area contributed by atoms with Crippen LogP contribution in [0, 0.1) is 4.91 Å². The quantitative estimate of drug-likeness (QED) is 0.392. The Morgan fingerprint density at radius 1 is 1.00 bits per heavy atom. The van der Waals surface area contributed by atoms with E-state index in [0.717, 1.165) is 0 Å². The van der Waals surface area contributed by atoms with Gasteiger partial charge in [0, 0.05) is 12.1 Å². The highest BCUT2D eigenvalue weighted by Crippen LogP contribution is 2.45. The van der Waals surface area contributed by atoms with E-state index in [1.807, 2.05) is 0 Å². The van der Waals surface area contributed by atoms with Crippen molar-refractivity contribution in [2.45, 2.75) is 13.0 Å². The number of methoxy groups -OCH3 is 1. The zero-order valence-corrected chi connectivity index (χ0v) is 15.9. The summed E-state index contributed by atoms with van der Waals surface area (Å²) in [5.74, 6) is -0.188. The lowest BCUT2D eigenvalue weighted by molar-refractivity contribution is -0.736. The fraction of sp³-hybridized carbons (Fsp3) is 0.235. The van der Waals surface area contributed by atoms with Gasteiger partial charge in [-0.15, -0.1) is 0 Å². The minimum atomic E-state index is -4.01. The SMILES string of the molecule is COC(=O)C(C)NP(=O)(Oc1ccccc1)Oc1ccc([N+](=O)OC)cc1. The number of hydrogen-bond donors (Lipinski definition) is 1. The van der Waals surface area contributed by atoms with Crippen molar-refractivity contribution < 1.29 is 32.9 Å². The van der Waals surface area contributed by atoms with E-state index in [0.29, 0.717) is 4.92 Å². The summed E-state index contributed by atoms with van der Waals surface area (Å²) >= 11 is 0. The lowest BCUT2D eigenvalue weighted by Crippen LogP contribution is -2.35. The van der Waals surface area contributed by atoms with Gasteiger partial charge in [0.05, 0.1) is 12.0 Å². The molecule has 0 radical (unpaired) electrons. The van der Waals surface area contributed by atoms with Crippen LogP contribution in [0.15, 0.2) is 54.6 Å². The van der Waals surface area contributed by atoms with E-state index in [2.05, 4.69) is 14.7 Å². The molecule has 9 nitrogen and oxygen atoms in total. The van der Waals surface area contributed by atoms with E-state index in [-0.39, 0.29) is 17.2 Å². The highest BCUT2D eigenvalue weighted by molar-refractivity contribution is 7.52. The minimum absolute atomic E-state index is 0.159. The lowest BCUT2D eigenvalue weighted by Gasteiger charge is -2.22. The normalized spacial score (nSPS) is 13.7. The molecule has 0 aromatic heterocycles. The van der Waals surface area contributed by atoms with Crippen molar-refractivity contribution in [1.29, 1.82) is 0 Å². The molecule has 2 atom stereocenters. The van der Waals surface area contributed by atoms with Crippen LogP contribution in [0.2, 0.25) is 0 Å². The van der Waals surface area contributed by atoms with Gasteiger partial charge in [-0.3, -0.25) is 4.79 Å². The molecule has 144 valence electrons. The second-order valence-corrected chi connectivity index (χ2v) is 6.92. The highest BCUT2D eigenvalue weighted by atomic mass is 31.2. The maximum atomic E-state index is 13.2. The lowest BCUT2D eigenvalue weighted by atomic mass is 10.3. The molecule has 0 bridgehead atoms. The van der Waals surface area contributed by atoms with Crippen LogP contribution in [-0.2, 0) is 18.9 Å². The predicted molar refractivity (Wildman–Crippen MR) is 96.7 cm³/mol. The number of hydrogen-bond acceptors (Lipinski definition) is 7. The van der Waals surface area contributed by atoms with Gasteiger partial charge < -0.3 is 13.8 Å². The van der Waals surface area contributed by atoms with Crippen LogP contribution in [0.5, 0.6) is 11.5 Å². The van der Waals surface area contributed by atoms with E-state index in [1.54, 1.807) is 30.3 Å². The number of nitrogens with one attached hydrogen (secondary N) is 1. The van der Waals surface area contributed by atoms with Gasteiger partial charge in [-0.05, 0) is 31.2 Å². The van der Waals surface area contributed by atoms with Crippen LogP contribution < -0.4 is 14.1 Å². The number of esters is 1. The third-order valence-electron chi connectivity index (χ3n) is 3.31. The molecule has 2 aromatic rings. The molecule has 0 amide bonds. The van der Waals surface area contributed by atoms with Gasteiger partial charge in [-0.25, -0.2) is 9.40 Å². The van der Waals surface area contributed by atoms with Gasteiger partial charge in [0.25, 0.3) is 4.92 Å². The van der Waals surface area contributed by atoms with E-state index in [1.165, 1.54) is 45.4 Å². The van der Waals surface area contributed by atoms with E-state index in [4.69, 9.17) is 9.05 Å². The molecular weight excluding hydrogens is 375 g/mol. The molecule has 1 N–H and O–H groups in total. The predicted octanol–water partition coefficient (Wildman–Crippen LogP) is 3.38. The second kappa shape index (κ2) is 9.16. The Morgan fingerprint density at radius 3 is 2.07 bits per heavy atom. The molecule has 2 unspecified atom stereocenters. The molecule has 0 saturated heterocycles. The molecule has 10 heteroatoms. The summed E-state index contributed by atoms with van der Waals surface area (Å²) in [5.41, 5.74) is 0.222. The molecular formula is C17H20N2O7P+. The zero-order chi connectivity index (χ0) is 19.9. The second-order valence-electron chi connectivity index (χ2n) is 5.30. The third kappa shape index (κ3) is 5.80. The van der Waals surface area contributed by atoms with E-state index in [9.17, 15) is 14.3 Å². The van der Waals surface area contributed by atoms with Gasteiger partial charge in [0.2, 0.25) is 0 Å². The van der Waals surface area contributed by atoms with Crippen LogP contribution in [0.3, 0.4) is 0 Å². The Hall–Kier alpha value is -2.90. The average molecular weight is 395 g/mol. The maximum Gasteiger partial charge on any atom is 0.513 e. The number of carbonyl (C=O) groups is 1. The van der Waals surface area contributed by atoms with Crippen LogP contribution in [0.1, 0.15) is 6.92 Å². The Kier molecular flexibility index (Phi) is 6.92. The molecule has 0 fully saturated rings. The third-order valence-corrected chi connectivity index (χ3v) is 4.92. The van der Waals surface area contributed by atoms with Crippen LogP contribution in [-0.4, -0.2) is 31.2 Å². The van der Waals surface area contributed by atoms with Gasteiger partial charge >= 0.3 is 19.4 Å². The Balaban J connectivity index is 2.24. The topological polar surface area (TPSA) is 103 Å². The zero-order valence-electron chi connectivity index (χ0n) is 15.0. The number of ether oxygens (including phenoxy) is 1. The van der Waals surface area contributed by atoms with Crippen molar-refractivity contribution in [2.75, 3.05) is 14.2 Å². The monoisotopic (exact) mass is 395 g/mol. The summed E-state index contributed by atoms with van der Waals surface area (Å²) in [5, 5.41) is 2.53. The summed E-state index contributed by atoms with van der Waals surface area (Å²) in [4.78, 5) is 27.9. The minimum Gasteiger partial charge on any atom is -0.468 e. The van der Waals surface area contributed by atoms with E-state index < -0.39 is 19.8 Å². The average Bonchev–Trinajstić information content (AvgIpc) is 2.67. The van der Waals surface area contributed by atoms with Crippen LogP contribution in [0.25, 0.3) is 0 Å². The van der Waals surface area contributed by atoms with Crippen LogP contribution >= 0.6 is 7.75 Å². The molecule has 0 aliphatic rings. The standard InChI is InChI=1S/C17H20N2O7P/c1-13(17(20)23-2)18-27(22,25-15-7-5-4-6-8-15)26-16-11-9-14(10-12-16)19(21)24-3/h4-13H,1-3H3,(H,18,22)/q+1. The molecule has 2 aromatic carbocycles. The fourth-order valence-electron chi connectivity index (χ4n) is 2.03. The van der Waals surface area contributed by atoms with Crippen molar-refractivity contribution >= 4 is 19.4 Å². The van der Waals surface area contributed by atoms with Crippen molar-refractivity contribution in [2.24, 2.45) is 0 Å². The number of carbonyl (C=O) groups excluding carboxylic acids is 1. The number of nitrogens with zero attached hydrogens (tertiary/aromatic N) is 1. The summed E-state index contributed by atoms with van der Waals surface area (Å²) in [6.45, 7) is 1.47. The van der Waals surface area contributed by atoms with Crippen molar-refractivity contribution in [1.82, 2.24) is 5.09 Å². The maximum absolute atomic E-state index is 13.2. The Labute approximate surface area is 156 Å². The molecule has 0 spiro atoms. The first-order valence-electron chi connectivity index (χ1n) is 7.88. The molecule has 2 rings (SSSR count). The van der Waals surface area contributed by atoms with Crippen LogP contribution in [0.4, 0.5) is 5.69 Å². The van der Waals surface area contributed by atoms with Gasteiger partial charge in [0.1, 0.15) is 17.5 Å². The number of para-hydroxylation sites is 1. The molecule has 27 heavy (non-hydrogen) atoms. The molecule has 0 aliphatic heterocycles. The summed E-state index contributed by atoms with van der Waals surface area (Å²) in [6, 6.07) is 13.1. The summed E-state index contributed by atoms with van der Waals surface area (Å²) < 4.78 is 28.8. The number of benzene rings is 2. The van der Waals surface area contributed by atoms with E-state index >= 15 is 0 Å². The van der Waals surface area contributed by atoms with Crippen molar-refractivity contribution in [3.63, 3.8) is 0 Å². The van der Waals surface area contributed by atoms with Crippen molar-refractivity contribution in [3.8, 4) is 11.5 Å². The first-order valence-corrected chi connectivity index (χ1v) is 9.42.